The Morgan fingerprint density at radius 2 is 1.69 bits per heavy atom. The molecule has 1 heterocycles. The van der Waals surface area contributed by atoms with Gasteiger partial charge >= 0.3 is 0 Å². The van der Waals surface area contributed by atoms with Gasteiger partial charge in [0, 0.05) is 26.2 Å². The van der Waals surface area contributed by atoms with E-state index >= 15 is 0 Å². The summed E-state index contributed by atoms with van der Waals surface area (Å²) in [6, 6.07) is 6.70. The van der Waals surface area contributed by atoms with E-state index in [9.17, 15) is 13.2 Å². The van der Waals surface area contributed by atoms with Gasteiger partial charge in [-0.25, -0.2) is 8.42 Å². The summed E-state index contributed by atoms with van der Waals surface area (Å²) >= 11 is 0. The molecule has 0 spiro atoms. The van der Waals surface area contributed by atoms with Crippen LogP contribution in [0.3, 0.4) is 0 Å². The van der Waals surface area contributed by atoms with E-state index in [1.54, 1.807) is 28.6 Å². The van der Waals surface area contributed by atoms with Crippen LogP contribution in [0.4, 0.5) is 0 Å². The Labute approximate surface area is 157 Å². The Morgan fingerprint density at radius 3 is 2.27 bits per heavy atom. The summed E-state index contributed by atoms with van der Waals surface area (Å²) in [5.41, 5.74) is 0.822. The van der Waals surface area contributed by atoms with Crippen molar-refractivity contribution in [2.45, 2.75) is 44.4 Å². The highest BCUT2D eigenvalue weighted by Crippen LogP contribution is 2.20. The minimum absolute atomic E-state index is 0.0382. The average molecular weight is 382 g/mol. The van der Waals surface area contributed by atoms with Crippen LogP contribution >= 0.6 is 0 Å². The van der Waals surface area contributed by atoms with E-state index in [0.717, 1.165) is 44.5 Å². The first-order valence-corrected chi connectivity index (χ1v) is 11.0. The number of piperidine rings is 1. The minimum atomic E-state index is -3.41. The van der Waals surface area contributed by atoms with Crippen LogP contribution in [0.25, 0.3) is 0 Å². The van der Waals surface area contributed by atoms with Gasteiger partial charge in [0.15, 0.2) is 0 Å². The third-order valence-corrected chi connectivity index (χ3v) is 6.80. The second-order valence-electron chi connectivity index (χ2n) is 6.66. The van der Waals surface area contributed by atoms with Gasteiger partial charge in [-0.1, -0.05) is 32.4 Å². The number of nitrogens with zero attached hydrogens (tertiary/aromatic N) is 2. The van der Waals surface area contributed by atoms with E-state index < -0.39 is 10.0 Å². The molecule has 0 unspecified atom stereocenters. The van der Waals surface area contributed by atoms with Crippen LogP contribution in [-0.2, 0) is 21.2 Å². The van der Waals surface area contributed by atoms with E-state index in [2.05, 4.69) is 24.1 Å². The van der Waals surface area contributed by atoms with Crippen molar-refractivity contribution in [3.8, 4) is 0 Å². The number of likely N-dealkylation sites (N-methyl/N-ethyl adjacent to an activating group) is 1. The van der Waals surface area contributed by atoms with Gasteiger partial charge in [-0.2, -0.15) is 4.31 Å². The molecule has 1 saturated heterocycles. The fourth-order valence-electron chi connectivity index (χ4n) is 3.17. The molecule has 2 rings (SSSR count). The minimum Gasteiger partial charge on any atom is -0.355 e. The van der Waals surface area contributed by atoms with Crippen LogP contribution in [0.1, 0.15) is 38.7 Å². The third-order valence-electron chi connectivity index (χ3n) is 4.89. The lowest BCUT2D eigenvalue weighted by Gasteiger charge is -2.25. The molecule has 0 bridgehead atoms. The molecule has 1 aromatic carbocycles. The molecule has 26 heavy (non-hydrogen) atoms. The second kappa shape index (κ2) is 10.0. The molecular weight excluding hydrogens is 350 g/mol. The Bertz CT molecular complexity index is 664. The average Bonchev–Trinajstić information content (AvgIpc) is 2.66. The van der Waals surface area contributed by atoms with Gasteiger partial charge in [-0.15, -0.1) is 0 Å². The fraction of sp³-hybridized carbons (Fsp3) is 0.632. The molecule has 1 aliphatic heterocycles. The lowest BCUT2D eigenvalue weighted by molar-refractivity contribution is -0.120. The second-order valence-corrected chi connectivity index (χ2v) is 8.60. The Kier molecular flexibility index (Phi) is 8.06. The number of sulfonamides is 1. The van der Waals surface area contributed by atoms with Crippen molar-refractivity contribution in [2.75, 3.05) is 39.3 Å². The summed E-state index contributed by atoms with van der Waals surface area (Å²) in [5, 5.41) is 2.92. The van der Waals surface area contributed by atoms with Gasteiger partial charge in [-0.3, -0.25) is 4.79 Å². The smallest absolute Gasteiger partial charge is 0.243 e. The summed E-state index contributed by atoms with van der Waals surface area (Å²) in [7, 11) is -3.41. The maximum atomic E-state index is 12.6. The van der Waals surface area contributed by atoms with Crippen LogP contribution in [0.5, 0.6) is 0 Å². The van der Waals surface area contributed by atoms with Gasteiger partial charge < -0.3 is 10.2 Å². The summed E-state index contributed by atoms with van der Waals surface area (Å²) < 4.78 is 26.8. The first-order valence-electron chi connectivity index (χ1n) is 9.55. The number of carbonyl (C=O) groups excluding carboxylic acids is 1. The lowest BCUT2D eigenvalue weighted by atomic mass is 10.1. The molecule has 0 atom stereocenters. The van der Waals surface area contributed by atoms with Crippen molar-refractivity contribution in [3.05, 3.63) is 29.8 Å². The van der Waals surface area contributed by atoms with Crippen molar-refractivity contribution >= 4 is 15.9 Å². The highest BCUT2D eigenvalue weighted by atomic mass is 32.2. The van der Waals surface area contributed by atoms with Crippen LogP contribution in [0.2, 0.25) is 0 Å². The molecule has 6 nitrogen and oxygen atoms in total. The maximum absolute atomic E-state index is 12.6. The van der Waals surface area contributed by atoms with Gasteiger partial charge in [-0.05, 0) is 43.6 Å². The van der Waals surface area contributed by atoms with Crippen molar-refractivity contribution in [2.24, 2.45) is 0 Å². The topological polar surface area (TPSA) is 69.7 Å². The zero-order chi connectivity index (χ0) is 19.0. The summed E-state index contributed by atoms with van der Waals surface area (Å²) in [6.07, 6.45) is 3.20. The van der Waals surface area contributed by atoms with E-state index in [-0.39, 0.29) is 12.3 Å². The van der Waals surface area contributed by atoms with Gasteiger partial charge in [0.1, 0.15) is 0 Å². The normalized spacial score (nSPS) is 16.0. The molecule has 1 amide bonds. The largest absolute Gasteiger partial charge is 0.355 e. The van der Waals surface area contributed by atoms with Crippen LogP contribution in [0, 0.1) is 0 Å². The summed E-state index contributed by atoms with van der Waals surface area (Å²) in [6.45, 7) is 8.81. The van der Waals surface area contributed by atoms with Gasteiger partial charge in [0.25, 0.3) is 0 Å². The van der Waals surface area contributed by atoms with Crippen LogP contribution in [-0.4, -0.2) is 62.8 Å². The maximum Gasteiger partial charge on any atom is 0.243 e. The molecule has 0 aromatic heterocycles. The van der Waals surface area contributed by atoms with E-state index in [0.29, 0.717) is 24.5 Å². The number of amides is 1. The zero-order valence-electron chi connectivity index (χ0n) is 15.9. The molecule has 7 heteroatoms. The molecule has 1 aromatic rings. The molecule has 0 radical (unpaired) electrons. The Morgan fingerprint density at radius 1 is 1.08 bits per heavy atom. The number of carbonyl (C=O) groups is 1. The monoisotopic (exact) mass is 381 g/mol. The molecule has 1 fully saturated rings. The lowest BCUT2D eigenvalue weighted by Crippen LogP contribution is -2.35. The van der Waals surface area contributed by atoms with Gasteiger partial charge in [0.05, 0.1) is 11.3 Å². The highest BCUT2D eigenvalue weighted by molar-refractivity contribution is 7.89. The summed E-state index contributed by atoms with van der Waals surface area (Å²) in [4.78, 5) is 14.6. The number of benzene rings is 1. The van der Waals surface area contributed by atoms with E-state index in [4.69, 9.17) is 0 Å². The Balaban J connectivity index is 1.87. The fourth-order valence-corrected chi connectivity index (χ4v) is 4.69. The molecule has 146 valence electrons. The molecular formula is C19H31N3O3S. The zero-order valence-corrected chi connectivity index (χ0v) is 16.7. The van der Waals surface area contributed by atoms with Crippen LogP contribution < -0.4 is 5.32 Å². The van der Waals surface area contributed by atoms with E-state index in [1.807, 2.05) is 0 Å². The van der Waals surface area contributed by atoms with Gasteiger partial charge in [0.2, 0.25) is 15.9 Å². The van der Waals surface area contributed by atoms with E-state index in [1.165, 1.54) is 0 Å². The van der Waals surface area contributed by atoms with Crippen molar-refractivity contribution in [3.63, 3.8) is 0 Å². The third kappa shape index (κ3) is 5.79. The Hall–Kier alpha value is -1.44. The number of hydrogen-bond donors (Lipinski definition) is 1. The number of nitrogens with one attached hydrogen (secondary N) is 1. The number of hydrogen-bond acceptors (Lipinski definition) is 4. The SMILES string of the molecule is CCN(CC)CCNC(=O)Cc1ccc(S(=O)(=O)N2CCCCC2)cc1. The number of rotatable bonds is 9. The highest BCUT2D eigenvalue weighted by Gasteiger charge is 2.25. The molecule has 0 aliphatic carbocycles. The standard InChI is InChI=1S/C19H31N3O3S/c1-3-21(4-2)15-12-20-19(23)16-17-8-10-18(11-9-17)26(24,25)22-13-6-5-7-14-22/h8-11H,3-7,12-16H2,1-2H3,(H,20,23). The predicted molar refractivity (Wildman–Crippen MR) is 104 cm³/mol. The van der Waals surface area contributed by atoms with Crippen molar-refractivity contribution < 1.29 is 13.2 Å². The van der Waals surface area contributed by atoms with Crippen molar-refractivity contribution in [1.82, 2.24) is 14.5 Å². The molecule has 0 saturated carbocycles. The first-order chi connectivity index (χ1) is 12.5. The predicted octanol–water partition coefficient (Wildman–Crippen LogP) is 1.86. The quantitative estimate of drug-likeness (QED) is 0.709. The first kappa shape index (κ1) is 20.9. The molecule has 1 N–H and O–H groups in total. The van der Waals surface area contributed by atoms with Crippen LogP contribution in [0.15, 0.2) is 29.2 Å². The molecule has 1 aliphatic rings. The summed E-state index contributed by atoms with van der Waals surface area (Å²) in [5.74, 6) is -0.0382. The van der Waals surface area contributed by atoms with Crippen molar-refractivity contribution in [1.29, 1.82) is 0 Å².